The number of benzene rings is 2. The zero-order valence-electron chi connectivity index (χ0n) is 12.6. The molecule has 0 heterocycles. The Morgan fingerprint density at radius 3 is 2.30 bits per heavy atom. The van der Waals surface area contributed by atoms with Crippen molar-refractivity contribution in [2.45, 2.75) is 39.0 Å². The number of hydrogen-bond acceptors (Lipinski definition) is 3. The maximum atomic E-state index is 10.2. The summed E-state index contributed by atoms with van der Waals surface area (Å²) in [5.74, 6) is 0.906. The number of aliphatic hydroxyl groups excluding tert-OH is 1. The van der Waals surface area contributed by atoms with Gasteiger partial charge >= 0.3 is 0 Å². The molecule has 0 aromatic heterocycles. The van der Waals surface area contributed by atoms with Gasteiger partial charge in [0.15, 0.2) is 0 Å². The molecule has 0 saturated heterocycles. The average Bonchev–Trinajstić information content (AvgIpc) is 2.44. The molecule has 0 fully saturated rings. The van der Waals surface area contributed by atoms with E-state index in [9.17, 15) is 5.11 Å². The molecule has 3 heteroatoms. The number of nitrogens with one attached hydrogen (secondary N) is 1. The van der Waals surface area contributed by atoms with E-state index >= 15 is 0 Å². The Bertz CT molecular complexity index is 580. The summed E-state index contributed by atoms with van der Waals surface area (Å²) >= 11 is 0. The molecule has 0 amide bonds. The molecular weight excluding hydrogens is 250 g/mol. The second kappa shape index (κ2) is 6.25. The van der Waals surface area contributed by atoms with E-state index in [1.54, 1.807) is 7.11 Å². The second-order valence-corrected chi connectivity index (χ2v) is 5.53. The van der Waals surface area contributed by atoms with Crippen molar-refractivity contribution in [3.8, 4) is 5.75 Å². The van der Waals surface area contributed by atoms with Gasteiger partial charge in [-0.3, -0.25) is 5.32 Å². The molecule has 0 spiro atoms. The standard InChI is InChI=1S/C17H23NO2/c1-11(2)18-17(19)12(3)13-5-6-15-10-16(20-4)8-7-14(15)9-13/h5-12,17-19H,1-4H3. The Morgan fingerprint density at radius 2 is 1.65 bits per heavy atom. The molecule has 2 atom stereocenters. The Labute approximate surface area is 120 Å². The van der Waals surface area contributed by atoms with Crippen molar-refractivity contribution >= 4 is 10.8 Å². The first kappa shape index (κ1) is 14.8. The van der Waals surface area contributed by atoms with Gasteiger partial charge in [-0.15, -0.1) is 0 Å². The Morgan fingerprint density at radius 1 is 1.00 bits per heavy atom. The number of hydrogen-bond donors (Lipinski definition) is 2. The maximum Gasteiger partial charge on any atom is 0.119 e. The van der Waals surface area contributed by atoms with Crippen LogP contribution in [0.2, 0.25) is 0 Å². The van der Waals surface area contributed by atoms with Gasteiger partial charge in [-0.1, -0.05) is 31.2 Å². The molecule has 3 nitrogen and oxygen atoms in total. The smallest absolute Gasteiger partial charge is 0.119 e. The van der Waals surface area contributed by atoms with Crippen LogP contribution in [0.25, 0.3) is 10.8 Å². The van der Waals surface area contributed by atoms with E-state index in [1.165, 1.54) is 0 Å². The highest BCUT2D eigenvalue weighted by Gasteiger charge is 2.17. The van der Waals surface area contributed by atoms with Crippen molar-refractivity contribution in [1.82, 2.24) is 5.32 Å². The van der Waals surface area contributed by atoms with E-state index in [0.29, 0.717) is 0 Å². The topological polar surface area (TPSA) is 41.5 Å². The van der Waals surface area contributed by atoms with Gasteiger partial charge in [0.25, 0.3) is 0 Å². The number of methoxy groups -OCH3 is 1. The van der Waals surface area contributed by atoms with Gasteiger partial charge in [0.05, 0.1) is 7.11 Å². The fourth-order valence-corrected chi connectivity index (χ4v) is 2.32. The van der Waals surface area contributed by atoms with Gasteiger partial charge in [-0.05, 0) is 42.3 Å². The lowest BCUT2D eigenvalue weighted by Crippen LogP contribution is -2.38. The molecule has 20 heavy (non-hydrogen) atoms. The highest BCUT2D eigenvalue weighted by molar-refractivity contribution is 5.84. The van der Waals surface area contributed by atoms with E-state index in [2.05, 4.69) is 23.5 Å². The van der Waals surface area contributed by atoms with Crippen LogP contribution in [0.3, 0.4) is 0 Å². The summed E-state index contributed by atoms with van der Waals surface area (Å²) in [6.07, 6.45) is -0.536. The first-order valence-corrected chi connectivity index (χ1v) is 7.03. The largest absolute Gasteiger partial charge is 0.497 e. The average molecular weight is 273 g/mol. The van der Waals surface area contributed by atoms with Crippen molar-refractivity contribution in [2.75, 3.05) is 7.11 Å². The van der Waals surface area contributed by atoms with Crippen LogP contribution in [0.15, 0.2) is 36.4 Å². The lowest BCUT2D eigenvalue weighted by Gasteiger charge is -2.23. The molecule has 2 aromatic carbocycles. The molecular formula is C17H23NO2. The SMILES string of the molecule is COc1ccc2cc(C(C)C(O)NC(C)C)ccc2c1. The third-order valence-corrected chi connectivity index (χ3v) is 3.57. The van der Waals surface area contributed by atoms with Crippen molar-refractivity contribution in [1.29, 1.82) is 0 Å². The van der Waals surface area contributed by atoms with Crippen LogP contribution in [0, 0.1) is 0 Å². The Hall–Kier alpha value is -1.58. The van der Waals surface area contributed by atoms with Crippen LogP contribution >= 0.6 is 0 Å². The van der Waals surface area contributed by atoms with E-state index in [4.69, 9.17) is 4.74 Å². The van der Waals surface area contributed by atoms with Crippen LogP contribution in [0.5, 0.6) is 5.75 Å². The van der Waals surface area contributed by atoms with Gasteiger partial charge in [-0.25, -0.2) is 0 Å². The summed E-state index contributed by atoms with van der Waals surface area (Å²) in [4.78, 5) is 0. The lowest BCUT2D eigenvalue weighted by atomic mass is 9.96. The monoisotopic (exact) mass is 273 g/mol. The molecule has 2 rings (SSSR count). The highest BCUT2D eigenvalue weighted by atomic mass is 16.5. The van der Waals surface area contributed by atoms with Gasteiger partial charge < -0.3 is 9.84 Å². The van der Waals surface area contributed by atoms with Crippen LogP contribution in [-0.4, -0.2) is 24.5 Å². The summed E-state index contributed by atoms with van der Waals surface area (Å²) in [5, 5.41) is 15.6. The number of fused-ring (bicyclic) bond motifs is 1. The van der Waals surface area contributed by atoms with Crippen LogP contribution < -0.4 is 10.1 Å². The highest BCUT2D eigenvalue weighted by Crippen LogP contribution is 2.26. The van der Waals surface area contributed by atoms with Gasteiger partial charge in [0, 0.05) is 12.0 Å². The minimum absolute atomic E-state index is 0.0453. The Kier molecular flexibility index (Phi) is 4.63. The summed E-state index contributed by atoms with van der Waals surface area (Å²) in [6, 6.07) is 12.6. The molecule has 0 radical (unpaired) electrons. The number of rotatable bonds is 5. The molecule has 2 N–H and O–H groups in total. The molecule has 0 bridgehead atoms. The molecule has 2 unspecified atom stereocenters. The van der Waals surface area contributed by atoms with E-state index in [1.807, 2.05) is 39.0 Å². The minimum atomic E-state index is -0.536. The van der Waals surface area contributed by atoms with Crippen molar-refractivity contribution in [2.24, 2.45) is 0 Å². The summed E-state index contributed by atoms with van der Waals surface area (Å²) < 4.78 is 5.23. The fraction of sp³-hybridized carbons (Fsp3) is 0.412. The number of aliphatic hydroxyl groups is 1. The first-order chi connectivity index (χ1) is 9.51. The molecule has 2 aromatic rings. The zero-order chi connectivity index (χ0) is 14.7. The molecule has 0 aliphatic heterocycles. The summed E-state index contributed by atoms with van der Waals surface area (Å²) in [7, 11) is 1.67. The fourth-order valence-electron chi connectivity index (χ4n) is 2.32. The van der Waals surface area contributed by atoms with Crippen LogP contribution in [0.4, 0.5) is 0 Å². The predicted octanol–water partition coefficient (Wildman–Crippen LogP) is 3.27. The first-order valence-electron chi connectivity index (χ1n) is 7.03. The third-order valence-electron chi connectivity index (χ3n) is 3.57. The predicted molar refractivity (Wildman–Crippen MR) is 83.2 cm³/mol. The molecule has 0 aliphatic carbocycles. The zero-order valence-corrected chi connectivity index (χ0v) is 12.6. The van der Waals surface area contributed by atoms with Crippen molar-refractivity contribution in [3.63, 3.8) is 0 Å². The summed E-state index contributed by atoms with van der Waals surface area (Å²) in [5.41, 5.74) is 1.13. The Balaban J connectivity index is 2.27. The molecule has 108 valence electrons. The second-order valence-electron chi connectivity index (χ2n) is 5.53. The van der Waals surface area contributed by atoms with Crippen LogP contribution in [0.1, 0.15) is 32.3 Å². The quantitative estimate of drug-likeness (QED) is 0.822. The number of ether oxygens (including phenoxy) is 1. The van der Waals surface area contributed by atoms with E-state index in [-0.39, 0.29) is 12.0 Å². The van der Waals surface area contributed by atoms with Crippen LogP contribution in [-0.2, 0) is 0 Å². The van der Waals surface area contributed by atoms with Crippen molar-refractivity contribution in [3.05, 3.63) is 42.0 Å². The van der Waals surface area contributed by atoms with E-state index in [0.717, 1.165) is 22.1 Å². The minimum Gasteiger partial charge on any atom is -0.497 e. The summed E-state index contributed by atoms with van der Waals surface area (Å²) in [6.45, 7) is 6.09. The third kappa shape index (κ3) is 3.30. The van der Waals surface area contributed by atoms with Gasteiger partial charge in [-0.2, -0.15) is 0 Å². The lowest BCUT2D eigenvalue weighted by molar-refractivity contribution is 0.104. The van der Waals surface area contributed by atoms with E-state index < -0.39 is 6.23 Å². The molecule has 0 aliphatic rings. The maximum absolute atomic E-state index is 10.2. The normalized spacial score (nSPS) is 14.5. The van der Waals surface area contributed by atoms with Gasteiger partial charge in [0.1, 0.15) is 12.0 Å². The van der Waals surface area contributed by atoms with Crippen molar-refractivity contribution < 1.29 is 9.84 Å². The van der Waals surface area contributed by atoms with Gasteiger partial charge in [0.2, 0.25) is 0 Å². The molecule has 0 saturated carbocycles.